The van der Waals surface area contributed by atoms with Gasteiger partial charge in [0.05, 0.1) is 11.3 Å². The highest BCUT2D eigenvalue weighted by Crippen LogP contribution is 2.24. The van der Waals surface area contributed by atoms with Crippen LogP contribution in [0.1, 0.15) is 44.0 Å². The Morgan fingerprint density at radius 1 is 1.33 bits per heavy atom. The second-order valence-corrected chi connectivity index (χ2v) is 6.60. The van der Waals surface area contributed by atoms with E-state index >= 15 is 0 Å². The second-order valence-electron chi connectivity index (χ2n) is 4.87. The lowest BCUT2D eigenvalue weighted by atomic mass is 10.2. The number of carbonyl (C=O) groups is 1. The van der Waals surface area contributed by atoms with Crippen LogP contribution in [0.5, 0.6) is 0 Å². The lowest BCUT2D eigenvalue weighted by Gasteiger charge is -2.17. The highest BCUT2D eigenvalue weighted by atomic mass is 32.2. The quantitative estimate of drug-likeness (QED) is 0.684. The maximum atomic E-state index is 12.3. The molecule has 0 spiro atoms. The molecule has 1 rings (SSSR count). The van der Waals surface area contributed by atoms with Crippen LogP contribution in [0, 0.1) is 0 Å². The van der Waals surface area contributed by atoms with E-state index in [0.29, 0.717) is 18.7 Å². The topological polar surface area (TPSA) is 95.5 Å². The number of anilines is 1. The van der Waals surface area contributed by atoms with Crippen molar-refractivity contribution in [2.45, 2.75) is 44.6 Å². The third-order valence-corrected chi connectivity index (χ3v) is 4.58. The number of sulfonamides is 1. The lowest BCUT2D eigenvalue weighted by molar-refractivity contribution is 0.0696. The SMILES string of the molecule is CCCNS(=O)(=O)c1cc(C(=O)O)ccc1N[C@H](C)CC. The summed E-state index contributed by atoms with van der Waals surface area (Å²) < 4.78 is 27.1. The maximum Gasteiger partial charge on any atom is 0.335 e. The van der Waals surface area contributed by atoms with Gasteiger partial charge < -0.3 is 10.4 Å². The Bertz CT molecular complexity index is 599. The Hall–Kier alpha value is -1.60. The number of carboxylic acid groups (broad SMARTS) is 1. The molecule has 0 bridgehead atoms. The predicted octanol–water partition coefficient (Wildman–Crippen LogP) is 2.28. The van der Waals surface area contributed by atoms with Gasteiger partial charge in [-0.1, -0.05) is 13.8 Å². The Morgan fingerprint density at radius 3 is 2.52 bits per heavy atom. The van der Waals surface area contributed by atoms with Crippen molar-refractivity contribution in [3.8, 4) is 0 Å². The third kappa shape index (κ3) is 4.71. The van der Waals surface area contributed by atoms with Crippen molar-refractivity contribution in [2.75, 3.05) is 11.9 Å². The van der Waals surface area contributed by atoms with Gasteiger partial charge in [0.1, 0.15) is 4.90 Å². The van der Waals surface area contributed by atoms with E-state index in [1.54, 1.807) is 0 Å². The van der Waals surface area contributed by atoms with Gasteiger partial charge in [-0.15, -0.1) is 0 Å². The van der Waals surface area contributed by atoms with Crippen LogP contribution in [0.2, 0.25) is 0 Å². The summed E-state index contributed by atoms with van der Waals surface area (Å²) in [6.07, 6.45) is 1.48. The number of hydrogen-bond donors (Lipinski definition) is 3. The van der Waals surface area contributed by atoms with E-state index in [2.05, 4.69) is 10.0 Å². The van der Waals surface area contributed by atoms with Crippen LogP contribution in [-0.4, -0.2) is 32.1 Å². The summed E-state index contributed by atoms with van der Waals surface area (Å²) in [6.45, 7) is 6.07. The molecule has 0 aliphatic rings. The average Bonchev–Trinajstić information content (AvgIpc) is 2.45. The van der Waals surface area contributed by atoms with Gasteiger partial charge in [0.15, 0.2) is 0 Å². The molecule has 1 aromatic carbocycles. The van der Waals surface area contributed by atoms with Gasteiger partial charge in [0.2, 0.25) is 10.0 Å². The summed E-state index contributed by atoms with van der Waals surface area (Å²) in [6, 6.07) is 4.16. The highest BCUT2D eigenvalue weighted by molar-refractivity contribution is 7.89. The molecule has 21 heavy (non-hydrogen) atoms. The monoisotopic (exact) mass is 314 g/mol. The first-order chi connectivity index (χ1) is 9.81. The van der Waals surface area contributed by atoms with E-state index < -0.39 is 16.0 Å². The van der Waals surface area contributed by atoms with Gasteiger partial charge in [0, 0.05) is 12.6 Å². The molecule has 0 amide bonds. The fourth-order valence-electron chi connectivity index (χ4n) is 1.68. The number of rotatable bonds is 8. The molecule has 0 saturated carbocycles. The molecule has 0 saturated heterocycles. The van der Waals surface area contributed by atoms with E-state index in [9.17, 15) is 13.2 Å². The van der Waals surface area contributed by atoms with E-state index in [0.717, 1.165) is 6.42 Å². The van der Waals surface area contributed by atoms with Crippen molar-refractivity contribution in [3.63, 3.8) is 0 Å². The first-order valence-corrected chi connectivity index (χ1v) is 8.43. The number of hydrogen-bond acceptors (Lipinski definition) is 4. The molecule has 1 aromatic rings. The molecule has 3 N–H and O–H groups in total. The lowest BCUT2D eigenvalue weighted by Crippen LogP contribution is -2.26. The number of carboxylic acids is 1. The van der Waals surface area contributed by atoms with Gasteiger partial charge in [-0.05, 0) is 38.0 Å². The molecule has 0 radical (unpaired) electrons. The summed E-state index contributed by atoms with van der Waals surface area (Å²) in [4.78, 5) is 11.0. The molecule has 118 valence electrons. The zero-order chi connectivity index (χ0) is 16.0. The molecule has 0 aliphatic heterocycles. The largest absolute Gasteiger partial charge is 0.478 e. The van der Waals surface area contributed by atoms with E-state index in [1.807, 2.05) is 20.8 Å². The fraction of sp³-hybridized carbons (Fsp3) is 0.500. The highest BCUT2D eigenvalue weighted by Gasteiger charge is 2.21. The standard InChI is InChI=1S/C14H22N2O4S/c1-4-8-15-21(19,20)13-9-11(14(17)18)6-7-12(13)16-10(3)5-2/h6-7,9-10,15-16H,4-5,8H2,1-3H3,(H,17,18)/t10-/m1/s1. The molecule has 0 fully saturated rings. The first-order valence-electron chi connectivity index (χ1n) is 6.95. The van der Waals surface area contributed by atoms with Gasteiger partial charge in [-0.2, -0.15) is 0 Å². The summed E-state index contributed by atoms with van der Waals surface area (Å²) in [5.41, 5.74) is 0.361. The van der Waals surface area contributed by atoms with Crippen LogP contribution in [0.3, 0.4) is 0 Å². The van der Waals surface area contributed by atoms with E-state index in [4.69, 9.17) is 5.11 Å². The van der Waals surface area contributed by atoms with Crippen LogP contribution in [0.25, 0.3) is 0 Å². The van der Waals surface area contributed by atoms with Crippen LogP contribution in [0.4, 0.5) is 5.69 Å². The van der Waals surface area contributed by atoms with Crippen LogP contribution in [-0.2, 0) is 10.0 Å². The minimum absolute atomic E-state index is 0.0313. The summed E-state index contributed by atoms with van der Waals surface area (Å²) in [7, 11) is -3.74. The predicted molar refractivity (Wildman–Crippen MR) is 82.3 cm³/mol. The molecular weight excluding hydrogens is 292 g/mol. The smallest absolute Gasteiger partial charge is 0.335 e. The molecule has 6 nitrogen and oxygen atoms in total. The summed E-state index contributed by atoms with van der Waals surface area (Å²) in [5, 5.41) is 12.1. The molecule has 0 heterocycles. The molecule has 0 unspecified atom stereocenters. The normalized spacial score (nSPS) is 12.9. The van der Waals surface area contributed by atoms with Crippen molar-refractivity contribution in [1.29, 1.82) is 0 Å². The van der Waals surface area contributed by atoms with Crippen molar-refractivity contribution in [1.82, 2.24) is 4.72 Å². The first kappa shape index (κ1) is 17.5. The molecule has 0 aromatic heterocycles. The molecule has 0 aliphatic carbocycles. The van der Waals surface area contributed by atoms with E-state index in [1.165, 1.54) is 18.2 Å². The van der Waals surface area contributed by atoms with Gasteiger partial charge in [0.25, 0.3) is 0 Å². The third-order valence-electron chi connectivity index (χ3n) is 3.07. The van der Waals surface area contributed by atoms with Crippen LogP contribution in [0.15, 0.2) is 23.1 Å². The average molecular weight is 314 g/mol. The zero-order valence-corrected chi connectivity index (χ0v) is 13.3. The number of nitrogens with one attached hydrogen (secondary N) is 2. The Kier molecular flexibility index (Phi) is 6.17. The van der Waals surface area contributed by atoms with E-state index in [-0.39, 0.29) is 16.5 Å². The van der Waals surface area contributed by atoms with Crippen LogP contribution < -0.4 is 10.0 Å². The van der Waals surface area contributed by atoms with Crippen molar-refractivity contribution in [3.05, 3.63) is 23.8 Å². The van der Waals surface area contributed by atoms with Gasteiger partial charge in [-0.3, -0.25) is 0 Å². The number of aromatic carboxylic acids is 1. The van der Waals surface area contributed by atoms with Crippen molar-refractivity contribution in [2.24, 2.45) is 0 Å². The molecule has 1 atom stereocenters. The van der Waals surface area contributed by atoms with Gasteiger partial charge >= 0.3 is 5.97 Å². The fourth-order valence-corrected chi connectivity index (χ4v) is 3.01. The Labute approximate surface area is 125 Å². The zero-order valence-electron chi connectivity index (χ0n) is 12.5. The minimum atomic E-state index is -3.74. The minimum Gasteiger partial charge on any atom is -0.478 e. The molecule has 7 heteroatoms. The Morgan fingerprint density at radius 2 is 2.00 bits per heavy atom. The second kappa shape index (κ2) is 7.42. The maximum absolute atomic E-state index is 12.3. The van der Waals surface area contributed by atoms with Crippen LogP contribution >= 0.6 is 0 Å². The van der Waals surface area contributed by atoms with Gasteiger partial charge in [-0.25, -0.2) is 17.9 Å². The number of benzene rings is 1. The Balaban J connectivity index is 3.28. The summed E-state index contributed by atoms with van der Waals surface area (Å²) in [5.74, 6) is -1.16. The van der Waals surface area contributed by atoms with Crippen molar-refractivity contribution >= 4 is 21.7 Å². The summed E-state index contributed by atoms with van der Waals surface area (Å²) >= 11 is 0. The van der Waals surface area contributed by atoms with Crippen molar-refractivity contribution < 1.29 is 18.3 Å². The molecular formula is C14H22N2O4S.